The zero-order valence-corrected chi connectivity index (χ0v) is 12.1. The van der Waals surface area contributed by atoms with Gasteiger partial charge in [0.25, 0.3) is 0 Å². The molecular formula is C15H14BrF2N. The third-order valence-corrected chi connectivity index (χ3v) is 3.51. The van der Waals surface area contributed by atoms with Crippen LogP contribution in [0.4, 0.5) is 8.78 Å². The molecule has 0 fully saturated rings. The van der Waals surface area contributed by atoms with Crippen molar-refractivity contribution in [2.24, 2.45) is 0 Å². The first kappa shape index (κ1) is 14.2. The van der Waals surface area contributed by atoms with Crippen molar-refractivity contribution in [3.05, 3.63) is 58.1 Å². The highest BCUT2D eigenvalue weighted by Gasteiger charge is 2.16. The van der Waals surface area contributed by atoms with Gasteiger partial charge in [0.2, 0.25) is 0 Å². The fraction of sp³-hybridized carbons (Fsp3) is 0.200. The molecule has 4 heteroatoms. The van der Waals surface area contributed by atoms with Crippen LogP contribution >= 0.6 is 15.9 Å². The molecular weight excluding hydrogens is 312 g/mol. The van der Waals surface area contributed by atoms with E-state index in [1.807, 2.05) is 19.1 Å². The third kappa shape index (κ3) is 3.01. The van der Waals surface area contributed by atoms with Gasteiger partial charge >= 0.3 is 0 Å². The minimum Gasteiger partial charge on any atom is -0.313 e. The molecule has 0 aliphatic rings. The summed E-state index contributed by atoms with van der Waals surface area (Å²) in [5, 5.41) is 3.17. The average molecular weight is 326 g/mol. The van der Waals surface area contributed by atoms with Crippen LogP contribution in [0.3, 0.4) is 0 Å². The van der Waals surface area contributed by atoms with Crippen molar-refractivity contribution in [2.75, 3.05) is 6.54 Å². The molecule has 1 nitrogen and oxygen atoms in total. The Bertz CT molecular complexity index is 584. The van der Waals surface area contributed by atoms with Crippen molar-refractivity contribution < 1.29 is 8.78 Å². The van der Waals surface area contributed by atoms with Crippen LogP contribution in [0.25, 0.3) is 11.1 Å². The van der Waals surface area contributed by atoms with Crippen LogP contribution in [-0.4, -0.2) is 6.54 Å². The maximum Gasteiger partial charge on any atom is 0.148 e. The van der Waals surface area contributed by atoms with Gasteiger partial charge in [0.15, 0.2) is 0 Å². The number of benzene rings is 2. The highest BCUT2D eigenvalue weighted by molar-refractivity contribution is 9.10. The Morgan fingerprint density at radius 2 is 1.84 bits per heavy atom. The number of hydrogen-bond donors (Lipinski definition) is 1. The van der Waals surface area contributed by atoms with Gasteiger partial charge in [-0.3, -0.25) is 0 Å². The van der Waals surface area contributed by atoms with Crippen LogP contribution in [0, 0.1) is 11.6 Å². The zero-order chi connectivity index (χ0) is 13.8. The summed E-state index contributed by atoms with van der Waals surface area (Å²) in [5.41, 5.74) is 1.47. The monoisotopic (exact) mass is 325 g/mol. The summed E-state index contributed by atoms with van der Waals surface area (Å²) in [7, 11) is 0. The van der Waals surface area contributed by atoms with E-state index >= 15 is 0 Å². The van der Waals surface area contributed by atoms with Crippen molar-refractivity contribution in [3.63, 3.8) is 0 Å². The molecule has 0 aliphatic carbocycles. The van der Waals surface area contributed by atoms with E-state index in [0.717, 1.165) is 12.1 Å². The Balaban J connectivity index is 2.56. The van der Waals surface area contributed by atoms with Crippen molar-refractivity contribution in [1.29, 1.82) is 0 Å². The Kier molecular flexibility index (Phi) is 4.66. The first-order valence-corrected chi connectivity index (χ1v) is 6.87. The number of hydrogen-bond acceptors (Lipinski definition) is 1. The normalized spacial score (nSPS) is 10.7. The van der Waals surface area contributed by atoms with Crippen LogP contribution in [0.15, 0.2) is 40.9 Å². The van der Waals surface area contributed by atoms with E-state index in [9.17, 15) is 8.78 Å². The van der Waals surface area contributed by atoms with Gasteiger partial charge in [0.05, 0.1) is 10.0 Å². The van der Waals surface area contributed by atoms with Crippen LogP contribution < -0.4 is 5.32 Å². The van der Waals surface area contributed by atoms with Crippen LogP contribution in [0.2, 0.25) is 0 Å². The van der Waals surface area contributed by atoms with E-state index in [-0.39, 0.29) is 10.0 Å². The van der Waals surface area contributed by atoms with Gasteiger partial charge < -0.3 is 5.32 Å². The zero-order valence-electron chi connectivity index (χ0n) is 10.5. The summed E-state index contributed by atoms with van der Waals surface area (Å²) in [4.78, 5) is 0. The number of halogens is 3. The summed E-state index contributed by atoms with van der Waals surface area (Å²) in [6, 6.07) is 9.90. The van der Waals surface area contributed by atoms with E-state index in [4.69, 9.17) is 0 Å². The standard InChI is InChI=1S/C15H14BrF2N/c1-2-19-9-10-5-3-4-6-11(10)14-13(17)8-7-12(16)15(14)18/h3-8,19H,2,9H2,1H3. The van der Waals surface area contributed by atoms with E-state index in [1.54, 1.807) is 12.1 Å². The van der Waals surface area contributed by atoms with E-state index in [2.05, 4.69) is 21.2 Å². The molecule has 0 saturated heterocycles. The molecule has 0 unspecified atom stereocenters. The van der Waals surface area contributed by atoms with Crippen molar-refractivity contribution in [1.82, 2.24) is 5.32 Å². The summed E-state index contributed by atoms with van der Waals surface area (Å²) >= 11 is 3.10. The number of nitrogens with one attached hydrogen (secondary N) is 1. The largest absolute Gasteiger partial charge is 0.313 e. The maximum atomic E-state index is 14.1. The molecule has 19 heavy (non-hydrogen) atoms. The quantitative estimate of drug-likeness (QED) is 0.816. The molecule has 0 aliphatic heterocycles. The van der Waals surface area contributed by atoms with Crippen LogP contribution in [0.5, 0.6) is 0 Å². The molecule has 0 amide bonds. The SMILES string of the molecule is CCNCc1ccccc1-c1c(F)ccc(Br)c1F. The molecule has 0 atom stereocenters. The molecule has 2 rings (SSSR count). The Morgan fingerprint density at radius 1 is 1.11 bits per heavy atom. The fourth-order valence-corrected chi connectivity index (χ4v) is 2.28. The van der Waals surface area contributed by atoms with Crippen molar-refractivity contribution in [2.45, 2.75) is 13.5 Å². The lowest BCUT2D eigenvalue weighted by Crippen LogP contribution is -2.12. The minimum atomic E-state index is -0.566. The van der Waals surface area contributed by atoms with Crippen LogP contribution in [-0.2, 0) is 6.54 Å². The highest BCUT2D eigenvalue weighted by Crippen LogP contribution is 2.32. The fourth-order valence-electron chi connectivity index (χ4n) is 1.95. The molecule has 0 heterocycles. The third-order valence-electron chi connectivity index (χ3n) is 2.90. The van der Waals surface area contributed by atoms with Crippen LogP contribution in [0.1, 0.15) is 12.5 Å². The minimum absolute atomic E-state index is 0.0166. The van der Waals surface area contributed by atoms with E-state index < -0.39 is 11.6 Å². The van der Waals surface area contributed by atoms with Gasteiger partial charge in [-0.25, -0.2) is 8.78 Å². The van der Waals surface area contributed by atoms with Gasteiger partial charge in [-0.15, -0.1) is 0 Å². The summed E-state index contributed by atoms with van der Waals surface area (Å²) in [6.07, 6.45) is 0. The predicted octanol–water partition coefficient (Wildman–Crippen LogP) is 4.50. The second kappa shape index (κ2) is 6.26. The summed E-state index contributed by atoms with van der Waals surface area (Å²) < 4.78 is 28.3. The molecule has 100 valence electrons. The van der Waals surface area contributed by atoms with Gasteiger partial charge in [-0.2, -0.15) is 0 Å². The Morgan fingerprint density at radius 3 is 2.58 bits per heavy atom. The molecule has 2 aromatic carbocycles. The first-order valence-electron chi connectivity index (χ1n) is 6.07. The van der Waals surface area contributed by atoms with Gasteiger partial charge in [0.1, 0.15) is 11.6 Å². The Labute approximate surface area is 119 Å². The second-order valence-electron chi connectivity index (χ2n) is 4.16. The van der Waals surface area contributed by atoms with Gasteiger partial charge in [0, 0.05) is 6.54 Å². The topological polar surface area (TPSA) is 12.0 Å². The maximum absolute atomic E-state index is 14.1. The van der Waals surface area contributed by atoms with Crippen molar-refractivity contribution in [3.8, 4) is 11.1 Å². The van der Waals surface area contributed by atoms with Crippen molar-refractivity contribution >= 4 is 15.9 Å². The first-order chi connectivity index (χ1) is 9.15. The lowest BCUT2D eigenvalue weighted by molar-refractivity contribution is 0.584. The molecule has 0 bridgehead atoms. The lowest BCUT2D eigenvalue weighted by Gasteiger charge is -2.12. The second-order valence-corrected chi connectivity index (χ2v) is 5.01. The molecule has 0 spiro atoms. The smallest absolute Gasteiger partial charge is 0.148 e. The molecule has 0 saturated carbocycles. The summed E-state index contributed by atoms with van der Waals surface area (Å²) in [6.45, 7) is 3.37. The summed E-state index contributed by atoms with van der Waals surface area (Å²) in [5.74, 6) is -1.12. The van der Waals surface area contributed by atoms with E-state index in [0.29, 0.717) is 12.1 Å². The molecule has 0 radical (unpaired) electrons. The average Bonchev–Trinajstić information content (AvgIpc) is 2.42. The Hall–Kier alpha value is -1.26. The predicted molar refractivity (Wildman–Crippen MR) is 76.9 cm³/mol. The lowest BCUT2D eigenvalue weighted by atomic mass is 9.98. The van der Waals surface area contributed by atoms with E-state index in [1.165, 1.54) is 12.1 Å². The highest BCUT2D eigenvalue weighted by atomic mass is 79.9. The molecule has 1 N–H and O–H groups in total. The number of rotatable bonds is 4. The molecule has 0 aromatic heterocycles. The van der Waals surface area contributed by atoms with Gasteiger partial charge in [-0.1, -0.05) is 31.2 Å². The molecule has 2 aromatic rings. The van der Waals surface area contributed by atoms with Gasteiger partial charge in [-0.05, 0) is 45.7 Å².